The molecule has 0 rings (SSSR count). The summed E-state index contributed by atoms with van der Waals surface area (Å²) in [6.45, 7) is 5.25. The summed E-state index contributed by atoms with van der Waals surface area (Å²) >= 11 is 0. The molecule has 0 aromatic rings. The van der Waals surface area contributed by atoms with E-state index in [1.54, 1.807) is 14.0 Å². The molecular weight excluding hydrogens is 196 g/mol. The zero-order valence-corrected chi connectivity index (χ0v) is 9.23. The van der Waals surface area contributed by atoms with E-state index in [4.69, 9.17) is 0 Å². The van der Waals surface area contributed by atoms with Gasteiger partial charge in [0, 0.05) is 7.05 Å². The van der Waals surface area contributed by atoms with Crippen molar-refractivity contribution < 1.29 is 14.6 Å². The van der Waals surface area contributed by atoms with Crippen molar-refractivity contribution in [3.8, 4) is 0 Å². The van der Waals surface area contributed by atoms with Gasteiger partial charge in [0.1, 0.15) is 12.4 Å². The third kappa shape index (κ3) is 4.85. The highest BCUT2D eigenvalue weighted by atomic mass is 16.5. The Labute approximate surface area is 89.4 Å². The maximum absolute atomic E-state index is 11.0. The number of hydrogen-bond acceptors (Lipinski definition) is 4. The van der Waals surface area contributed by atoms with Crippen LogP contribution in [0.1, 0.15) is 6.92 Å². The molecule has 0 aromatic carbocycles. The summed E-state index contributed by atoms with van der Waals surface area (Å²) in [5.74, 6) is -0.107. The molecule has 5 heteroatoms. The molecule has 0 fully saturated rings. The molecule has 5 nitrogen and oxygen atoms in total. The smallest absolute Gasteiger partial charge is 0.325 e. The Bertz CT molecular complexity index is 295. The van der Waals surface area contributed by atoms with Gasteiger partial charge in [-0.2, -0.15) is 4.99 Å². The number of amidine groups is 1. The van der Waals surface area contributed by atoms with Crippen molar-refractivity contribution in [3.63, 3.8) is 0 Å². The molecule has 1 N–H and O–H groups in total. The van der Waals surface area contributed by atoms with Crippen LogP contribution in [0.25, 0.3) is 0 Å². The van der Waals surface area contributed by atoms with Crippen LogP contribution in [-0.2, 0) is 9.53 Å². The molecule has 0 unspecified atom stereocenters. The van der Waals surface area contributed by atoms with E-state index in [0.29, 0.717) is 5.84 Å². The van der Waals surface area contributed by atoms with Crippen LogP contribution in [0.3, 0.4) is 0 Å². The first kappa shape index (κ1) is 13.2. The topological polar surface area (TPSA) is 62.1 Å². The number of likely N-dealkylation sites (N-methyl/N-ethyl adjacent to an activating group) is 1. The summed E-state index contributed by atoms with van der Waals surface area (Å²) in [6, 6.07) is 0. The molecule has 0 atom stereocenters. The highest BCUT2D eigenvalue weighted by Gasteiger charge is 2.08. The number of carbonyl (C=O) groups is 1. The number of aliphatic imine (C=N–C) groups is 1. The predicted molar refractivity (Wildman–Crippen MR) is 58.7 cm³/mol. The standard InChI is InChI=1S/C10H16N2O3/c1-5-8(11-9(13)6-2)12(3)7-10(14)15-4/h5-6,13H,1,7H2,2-4H3/b9-6+,11-8+. The first-order chi connectivity index (χ1) is 7.04. The number of rotatable bonds is 4. The van der Waals surface area contributed by atoms with E-state index >= 15 is 0 Å². The summed E-state index contributed by atoms with van der Waals surface area (Å²) in [5.41, 5.74) is 0. The van der Waals surface area contributed by atoms with Crippen LogP contribution in [0.5, 0.6) is 0 Å². The lowest BCUT2D eigenvalue weighted by atomic mass is 10.4. The van der Waals surface area contributed by atoms with E-state index in [9.17, 15) is 9.90 Å². The average Bonchev–Trinajstić information content (AvgIpc) is 2.24. The van der Waals surface area contributed by atoms with Crippen molar-refractivity contribution in [2.24, 2.45) is 4.99 Å². The SMILES string of the molecule is C=C/C(=N\C(O)=C/C)N(C)CC(=O)OC. The fraction of sp³-hybridized carbons (Fsp3) is 0.400. The van der Waals surface area contributed by atoms with Gasteiger partial charge >= 0.3 is 5.97 Å². The lowest BCUT2D eigenvalue weighted by Gasteiger charge is -2.16. The minimum atomic E-state index is -0.382. The van der Waals surface area contributed by atoms with Crippen molar-refractivity contribution in [1.82, 2.24) is 4.90 Å². The van der Waals surface area contributed by atoms with Gasteiger partial charge in [-0.15, -0.1) is 0 Å². The Hall–Kier alpha value is -1.78. The number of aliphatic hydroxyl groups is 1. The van der Waals surface area contributed by atoms with Crippen molar-refractivity contribution in [1.29, 1.82) is 0 Å². The minimum absolute atomic E-state index is 0.0539. The molecule has 0 aliphatic carbocycles. The van der Waals surface area contributed by atoms with Gasteiger partial charge in [0.15, 0.2) is 0 Å². The van der Waals surface area contributed by atoms with E-state index in [1.165, 1.54) is 24.2 Å². The zero-order valence-electron chi connectivity index (χ0n) is 9.23. The Balaban J connectivity index is 4.61. The molecule has 0 aliphatic rings. The molecule has 0 radical (unpaired) electrons. The van der Waals surface area contributed by atoms with E-state index in [-0.39, 0.29) is 18.4 Å². The van der Waals surface area contributed by atoms with Crippen LogP contribution < -0.4 is 0 Å². The Morgan fingerprint density at radius 2 is 2.27 bits per heavy atom. The number of methoxy groups -OCH3 is 1. The number of esters is 1. The number of hydrogen-bond donors (Lipinski definition) is 1. The third-order valence-corrected chi connectivity index (χ3v) is 1.65. The second kappa shape index (κ2) is 6.64. The first-order valence-corrected chi connectivity index (χ1v) is 4.39. The number of ether oxygens (including phenoxy) is 1. The second-order valence-corrected chi connectivity index (χ2v) is 2.75. The van der Waals surface area contributed by atoms with Crippen LogP contribution in [0, 0.1) is 0 Å². The predicted octanol–water partition coefficient (Wildman–Crippen LogP) is 1.09. The van der Waals surface area contributed by atoms with Crippen molar-refractivity contribution in [3.05, 3.63) is 24.6 Å². The first-order valence-electron chi connectivity index (χ1n) is 4.39. The molecule has 0 heterocycles. The molecule has 0 saturated heterocycles. The minimum Gasteiger partial charge on any atom is -0.493 e. The molecule has 84 valence electrons. The monoisotopic (exact) mass is 212 g/mol. The summed E-state index contributed by atoms with van der Waals surface area (Å²) in [6.07, 6.45) is 2.89. The highest BCUT2D eigenvalue weighted by molar-refractivity contribution is 5.94. The van der Waals surface area contributed by atoms with Crippen LogP contribution >= 0.6 is 0 Å². The Kier molecular flexibility index (Phi) is 5.85. The number of aliphatic hydroxyl groups excluding tert-OH is 1. The zero-order chi connectivity index (χ0) is 11.8. The van der Waals surface area contributed by atoms with Gasteiger partial charge in [-0.05, 0) is 19.1 Å². The van der Waals surface area contributed by atoms with Gasteiger partial charge in [0.2, 0.25) is 5.88 Å². The summed E-state index contributed by atoms with van der Waals surface area (Å²) < 4.78 is 4.50. The second-order valence-electron chi connectivity index (χ2n) is 2.75. The molecule has 0 aliphatic heterocycles. The Morgan fingerprint density at radius 3 is 2.67 bits per heavy atom. The van der Waals surface area contributed by atoms with E-state index in [1.807, 2.05) is 0 Å². The largest absolute Gasteiger partial charge is 0.493 e. The molecular formula is C10H16N2O3. The quantitative estimate of drug-likeness (QED) is 0.328. The number of nitrogens with zero attached hydrogens (tertiary/aromatic N) is 2. The van der Waals surface area contributed by atoms with E-state index < -0.39 is 0 Å². The molecule has 0 spiro atoms. The fourth-order valence-corrected chi connectivity index (χ4v) is 0.808. The van der Waals surface area contributed by atoms with Gasteiger partial charge in [-0.25, -0.2) is 0 Å². The summed E-state index contributed by atoms with van der Waals surface area (Å²) in [7, 11) is 2.96. The van der Waals surface area contributed by atoms with Gasteiger partial charge in [0.25, 0.3) is 0 Å². The fourth-order valence-electron chi connectivity index (χ4n) is 0.808. The van der Waals surface area contributed by atoms with Crippen molar-refractivity contribution in [2.75, 3.05) is 20.7 Å². The van der Waals surface area contributed by atoms with E-state index in [0.717, 1.165) is 0 Å². The maximum atomic E-state index is 11.0. The highest BCUT2D eigenvalue weighted by Crippen LogP contribution is 1.97. The molecule has 0 amide bonds. The van der Waals surface area contributed by atoms with Crippen LogP contribution in [0.4, 0.5) is 0 Å². The van der Waals surface area contributed by atoms with Gasteiger partial charge in [-0.1, -0.05) is 6.58 Å². The summed E-state index contributed by atoms with van der Waals surface area (Å²) in [4.78, 5) is 16.3. The van der Waals surface area contributed by atoms with Crippen molar-refractivity contribution >= 4 is 11.8 Å². The lowest BCUT2D eigenvalue weighted by molar-refractivity contribution is -0.140. The van der Waals surface area contributed by atoms with Gasteiger partial charge in [0.05, 0.1) is 7.11 Å². The Morgan fingerprint density at radius 1 is 1.67 bits per heavy atom. The molecule has 15 heavy (non-hydrogen) atoms. The maximum Gasteiger partial charge on any atom is 0.325 e. The number of allylic oxidation sites excluding steroid dienone is 1. The molecule has 0 bridgehead atoms. The van der Waals surface area contributed by atoms with Crippen LogP contribution in [0.2, 0.25) is 0 Å². The van der Waals surface area contributed by atoms with Crippen LogP contribution in [-0.4, -0.2) is 42.5 Å². The lowest BCUT2D eigenvalue weighted by Crippen LogP contribution is -2.31. The third-order valence-electron chi connectivity index (χ3n) is 1.65. The van der Waals surface area contributed by atoms with Gasteiger partial charge in [-0.3, -0.25) is 4.79 Å². The van der Waals surface area contributed by atoms with E-state index in [2.05, 4.69) is 16.3 Å². The molecule has 0 saturated carbocycles. The average molecular weight is 212 g/mol. The normalized spacial score (nSPS) is 12.2. The van der Waals surface area contributed by atoms with Crippen molar-refractivity contribution in [2.45, 2.75) is 6.92 Å². The number of carbonyl (C=O) groups excluding carboxylic acids is 1. The molecule has 0 aromatic heterocycles. The van der Waals surface area contributed by atoms with Crippen LogP contribution in [0.15, 0.2) is 29.6 Å². The van der Waals surface area contributed by atoms with Gasteiger partial charge < -0.3 is 14.7 Å². The summed E-state index contributed by atoms with van der Waals surface area (Å²) in [5, 5.41) is 9.18.